The maximum Gasteiger partial charge on any atom is 0.290 e. The Labute approximate surface area is 156 Å². The van der Waals surface area contributed by atoms with Gasteiger partial charge in [-0.1, -0.05) is 37.0 Å². The number of amides is 2. The number of nitrogens with zero attached hydrogens (tertiary/aromatic N) is 1. The van der Waals surface area contributed by atoms with Crippen LogP contribution >= 0.6 is 23.2 Å². The van der Waals surface area contributed by atoms with Gasteiger partial charge >= 0.3 is 0 Å². The molecule has 1 heterocycles. The quantitative estimate of drug-likeness (QED) is 0.758. The molecule has 2 aromatic rings. The first-order valence-corrected chi connectivity index (χ1v) is 8.83. The summed E-state index contributed by atoms with van der Waals surface area (Å²) in [6.07, 6.45) is 1.42. The normalized spacial score (nSPS) is 10.6. The van der Waals surface area contributed by atoms with Gasteiger partial charge in [0, 0.05) is 18.0 Å². The van der Waals surface area contributed by atoms with Gasteiger partial charge in [-0.05, 0) is 36.8 Å². The summed E-state index contributed by atoms with van der Waals surface area (Å²) in [5.41, 5.74) is 0.411. The molecule has 0 aliphatic heterocycles. The zero-order valence-electron chi connectivity index (χ0n) is 14.1. The molecule has 25 heavy (non-hydrogen) atoms. The molecule has 1 aromatic heterocycles. The van der Waals surface area contributed by atoms with Crippen LogP contribution in [0.5, 0.6) is 0 Å². The predicted octanol–water partition coefficient (Wildman–Crippen LogP) is 4.64. The molecule has 0 saturated heterocycles. The minimum absolute atomic E-state index is 0.0995. The number of halogens is 2. The van der Waals surface area contributed by atoms with Gasteiger partial charge in [-0.25, -0.2) is 0 Å². The fourth-order valence-electron chi connectivity index (χ4n) is 2.32. The number of carbonyl (C=O) groups is 2. The summed E-state index contributed by atoms with van der Waals surface area (Å²) in [4.78, 5) is 26.3. The van der Waals surface area contributed by atoms with Gasteiger partial charge < -0.3 is 14.6 Å². The highest BCUT2D eigenvalue weighted by molar-refractivity contribution is 6.35. The van der Waals surface area contributed by atoms with E-state index in [4.69, 9.17) is 27.6 Å². The second kappa shape index (κ2) is 8.92. The molecule has 7 heteroatoms. The van der Waals surface area contributed by atoms with E-state index >= 15 is 0 Å². The van der Waals surface area contributed by atoms with Gasteiger partial charge in [-0.15, -0.1) is 0 Å². The van der Waals surface area contributed by atoms with Gasteiger partial charge in [0.2, 0.25) is 5.91 Å². The van der Waals surface area contributed by atoms with Crippen LogP contribution in [0.3, 0.4) is 0 Å². The summed E-state index contributed by atoms with van der Waals surface area (Å²) < 4.78 is 5.50. The topological polar surface area (TPSA) is 62.6 Å². The van der Waals surface area contributed by atoms with Crippen LogP contribution in [0.15, 0.2) is 34.7 Å². The van der Waals surface area contributed by atoms with E-state index in [-0.39, 0.29) is 24.1 Å². The van der Waals surface area contributed by atoms with Crippen molar-refractivity contribution in [1.82, 2.24) is 4.90 Å². The Morgan fingerprint density at radius 1 is 1.16 bits per heavy atom. The summed E-state index contributed by atoms with van der Waals surface area (Å²) in [5.74, 6) is 0.302. The summed E-state index contributed by atoms with van der Waals surface area (Å²) in [7, 11) is 0. The number of anilines is 1. The van der Waals surface area contributed by atoms with Crippen molar-refractivity contribution in [3.63, 3.8) is 0 Å². The van der Waals surface area contributed by atoms with Crippen LogP contribution in [0, 0.1) is 0 Å². The molecular formula is C18H20Cl2N2O3. The largest absolute Gasteiger partial charge is 0.456 e. The van der Waals surface area contributed by atoms with Crippen molar-refractivity contribution in [3.05, 3.63) is 51.9 Å². The molecule has 2 amide bonds. The average molecular weight is 383 g/mol. The SMILES string of the molecule is CCCN(CC(=O)Nc1cc(Cl)ccc1Cl)C(=O)c1ccc(CC)o1. The van der Waals surface area contributed by atoms with Crippen LogP contribution in [0.4, 0.5) is 5.69 Å². The monoisotopic (exact) mass is 382 g/mol. The molecule has 0 saturated carbocycles. The first kappa shape index (κ1) is 19.3. The van der Waals surface area contributed by atoms with E-state index in [0.29, 0.717) is 28.7 Å². The fourth-order valence-corrected chi connectivity index (χ4v) is 2.65. The van der Waals surface area contributed by atoms with Gasteiger partial charge in [-0.3, -0.25) is 9.59 Å². The summed E-state index contributed by atoms with van der Waals surface area (Å²) in [5, 5.41) is 3.52. The number of hydrogen-bond donors (Lipinski definition) is 1. The average Bonchev–Trinajstić information content (AvgIpc) is 3.06. The number of rotatable bonds is 7. The Morgan fingerprint density at radius 3 is 2.56 bits per heavy atom. The predicted molar refractivity (Wildman–Crippen MR) is 99.4 cm³/mol. The molecule has 0 fully saturated rings. The van der Waals surface area contributed by atoms with E-state index in [1.165, 1.54) is 4.90 Å². The molecule has 0 unspecified atom stereocenters. The second-order valence-corrected chi connectivity index (χ2v) is 6.36. The molecule has 134 valence electrons. The highest BCUT2D eigenvalue weighted by Crippen LogP contribution is 2.25. The third kappa shape index (κ3) is 5.25. The minimum atomic E-state index is -0.353. The lowest BCUT2D eigenvalue weighted by Crippen LogP contribution is -2.38. The van der Waals surface area contributed by atoms with Crippen molar-refractivity contribution in [2.45, 2.75) is 26.7 Å². The molecule has 2 rings (SSSR count). The fraction of sp³-hybridized carbons (Fsp3) is 0.333. The van der Waals surface area contributed by atoms with Crippen LogP contribution in [0.25, 0.3) is 0 Å². The molecule has 0 atom stereocenters. The lowest BCUT2D eigenvalue weighted by Gasteiger charge is -2.20. The second-order valence-electron chi connectivity index (χ2n) is 5.52. The van der Waals surface area contributed by atoms with Crippen molar-refractivity contribution in [2.75, 3.05) is 18.4 Å². The van der Waals surface area contributed by atoms with Crippen LogP contribution in [0.2, 0.25) is 10.0 Å². The van der Waals surface area contributed by atoms with Crippen molar-refractivity contribution in [3.8, 4) is 0 Å². The van der Waals surface area contributed by atoms with Crippen LogP contribution in [0.1, 0.15) is 36.6 Å². The Kier molecular flexibility index (Phi) is 6.91. The molecule has 0 aliphatic rings. The molecule has 0 radical (unpaired) electrons. The van der Waals surface area contributed by atoms with E-state index in [9.17, 15) is 9.59 Å². The van der Waals surface area contributed by atoms with Gasteiger partial charge in [0.05, 0.1) is 10.7 Å². The molecule has 0 aliphatic carbocycles. The smallest absolute Gasteiger partial charge is 0.290 e. The van der Waals surface area contributed by atoms with Gasteiger partial charge in [0.15, 0.2) is 5.76 Å². The van der Waals surface area contributed by atoms with Crippen LogP contribution in [-0.2, 0) is 11.2 Å². The minimum Gasteiger partial charge on any atom is -0.456 e. The number of furan rings is 1. The van der Waals surface area contributed by atoms with Gasteiger partial charge in [0.1, 0.15) is 12.3 Å². The van der Waals surface area contributed by atoms with E-state index < -0.39 is 0 Å². The highest BCUT2D eigenvalue weighted by Gasteiger charge is 2.21. The standard InChI is InChI=1S/C18H20Cl2N2O3/c1-3-9-22(18(24)16-8-6-13(4-2)25-16)11-17(23)21-15-10-12(19)5-7-14(15)20/h5-8,10H,3-4,9,11H2,1-2H3,(H,21,23). The van der Waals surface area contributed by atoms with Crippen molar-refractivity contribution in [2.24, 2.45) is 0 Å². The van der Waals surface area contributed by atoms with Crippen LogP contribution in [-0.4, -0.2) is 29.8 Å². The first-order chi connectivity index (χ1) is 11.9. The van der Waals surface area contributed by atoms with E-state index in [1.54, 1.807) is 30.3 Å². The maximum atomic E-state index is 12.6. The molecule has 0 bridgehead atoms. The lowest BCUT2D eigenvalue weighted by atomic mass is 10.3. The Balaban J connectivity index is 2.08. The molecule has 5 nitrogen and oxygen atoms in total. The summed E-state index contributed by atoms with van der Waals surface area (Å²) in [6.45, 7) is 4.22. The third-order valence-electron chi connectivity index (χ3n) is 3.54. The maximum absolute atomic E-state index is 12.6. The van der Waals surface area contributed by atoms with Gasteiger partial charge in [0.25, 0.3) is 5.91 Å². The van der Waals surface area contributed by atoms with Crippen molar-refractivity contribution in [1.29, 1.82) is 0 Å². The Bertz CT molecular complexity index is 759. The highest BCUT2D eigenvalue weighted by atomic mass is 35.5. The Hall–Kier alpha value is -1.98. The number of aryl methyl sites for hydroxylation is 1. The van der Waals surface area contributed by atoms with Gasteiger partial charge in [-0.2, -0.15) is 0 Å². The van der Waals surface area contributed by atoms with E-state index in [0.717, 1.165) is 12.2 Å². The third-order valence-corrected chi connectivity index (χ3v) is 4.10. The summed E-state index contributed by atoms with van der Waals surface area (Å²) in [6, 6.07) is 8.20. The zero-order valence-corrected chi connectivity index (χ0v) is 15.7. The van der Waals surface area contributed by atoms with Crippen molar-refractivity contribution < 1.29 is 14.0 Å². The van der Waals surface area contributed by atoms with E-state index in [2.05, 4.69) is 5.32 Å². The Morgan fingerprint density at radius 2 is 1.92 bits per heavy atom. The van der Waals surface area contributed by atoms with E-state index in [1.807, 2.05) is 13.8 Å². The number of carbonyl (C=O) groups excluding carboxylic acids is 2. The first-order valence-electron chi connectivity index (χ1n) is 8.07. The molecule has 0 spiro atoms. The molecular weight excluding hydrogens is 363 g/mol. The number of hydrogen-bond acceptors (Lipinski definition) is 3. The number of benzene rings is 1. The summed E-state index contributed by atoms with van der Waals surface area (Å²) >= 11 is 12.0. The lowest BCUT2D eigenvalue weighted by molar-refractivity contribution is -0.116. The zero-order chi connectivity index (χ0) is 18.4. The van der Waals surface area contributed by atoms with Crippen molar-refractivity contribution >= 4 is 40.7 Å². The number of nitrogens with one attached hydrogen (secondary N) is 1. The van der Waals surface area contributed by atoms with Crippen LogP contribution < -0.4 is 5.32 Å². The molecule has 1 N–H and O–H groups in total. The molecule has 1 aromatic carbocycles.